The van der Waals surface area contributed by atoms with E-state index >= 15 is 0 Å². The van der Waals surface area contributed by atoms with Gasteiger partial charge in [-0.3, -0.25) is 9.52 Å². The molecule has 1 aromatic heterocycles. The van der Waals surface area contributed by atoms with Gasteiger partial charge in [0.15, 0.2) is 5.69 Å². The molecule has 140 valence electrons. The average Bonchev–Trinajstić information content (AvgIpc) is 2.97. The van der Waals surface area contributed by atoms with Gasteiger partial charge in [-0.15, -0.1) is 5.10 Å². The Hall–Kier alpha value is -3.20. The first-order chi connectivity index (χ1) is 12.7. The van der Waals surface area contributed by atoms with E-state index < -0.39 is 15.9 Å². The van der Waals surface area contributed by atoms with E-state index in [1.165, 1.54) is 0 Å². The van der Waals surface area contributed by atoms with Crippen molar-refractivity contribution < 1.29 is 13.2 Å². The lowest BCUT2D eigenvalue weighted by Gasteiger charge is -2.07. The highest BCUT2D eigenvalue weighted by atomic mass is 32.2. The minimum Gasteiger partial charge on any atom is -0.321 e. The molecule has 0 spiro atoms. The maximum Gasteiger partial charge on any atom is 0.278 e. The second-order valence-electron chi connectivity index (χ2n) is 6.18. The summed E-state index contributed by atoms with van der Waals surface area (Å²) in [5.41, 5.74) is 3.68. The number of nitrogens with one attached hydrogen (secondary N) is 2. The van der Waals surface area contributed by atoms with Crippen LogP contribution < -0.4 is 10.0 Å². The largest absolute Gasteiger partial charge is 0.321 e. The molecule has 1 heterocycles. The molecule has 27 heavy (non-hydrogen) atoms. The number of hydrogen-bond donors (Lipinski definition) is 2. The summed E-state index contributed by atoms with van der Waals surface area (Å²) in [4.78, 5) is 12.5. The molecule has 0 fully saturated rings. The van der Waals surface area contributed by atoms with Crippen molar-refractivity contribution in [3.8, 4) is 5.69 Å². The number of amides is 1. The van der Waals surface area contributed by atoms with Gasteiger partial charge in [-0.05, 0) is 55.8 Å². The van der Waals surface area contributed by atoms with Crippen LogP contribution >= 0.6 is 0 Å². The van der Waals surface area contributed by atoms with Crippen LogP contribution in [0, 0.1) is 13.8 Å². The van der Waals surface area contributed by atoms with Crippen molar-refractivity contribution in [3.05, 3.63) is 65.5 Å². The topological polar surface area (TPSA) is 106 Å². The predicted octanol–water partition coefficient (Wildman–Crippen LogP) is 2.51. The van der Waals surface area contributed by atoms with Crippen molar-refractivity contribution in [3.63, 3.8) is 0 Å². The van der Waals surface area contributed by atoms with Gasteiger partial charge in [-0.1, -0.05) is 17.3 Å². The molecular weight excluding hydrogens is 366 g/mol. The number of anilines is 2. The number of aryl methyl sites for hydroxylation is 1. The van der Waals surface area contributed by atoms with E-state index in [-0.39, 0.29) is 5.69 Å². The van der Waals surface area contributed by atoms with Gasteiger partial charge >= 0.3 is 0 Å². The standard InChI is InChI=1S/C18H19N5O3S/c1-12-5-4-6-16(11-12)23-13(2)17(20-22-23)18(24)19-14-7-9-15(10-8-14)21-27(3,25)26/h4-11,21H,1-3H3,(H,19,24). The normalized spacial score (nSPS) is 11.2. The van der Waals surface area contributed by atoms with Crippen molar-refractivity contribution in [2.75, 3.05) is 16.3 Å². The Balaban J connectivity index is 1.77. The monoisotopic (exact) mass is 385 g/mol. The summed E-state index contributed by atoms with van der Waals surface area (Å²) in [6.07, 6.45) is 1.07. The zero-order chi connectivity index (χ0) is 19.6. The van der Waals surface area contributed by atoms with Gasteiger partial charge in [-0.25, -0.2) is 13.1 Å². The van der Waals surface area contributed by atoms with Gasteiger partial charge in [0.25, 0.3) is 5.91 Å². The van der Waals surface area contributed by atoms with E-state index in [1.54, 1.807) is 35.9 Å². The Morgan fingerprint density at radius 1 is 1.04 bits per heavy atom. The Morgan fingerprint density at radius 3 is 2.33 bits per heavy atom. The van der Waals surface area contributed by atoms with Gasteiger partial charge in [0.2, 0.25) is 10.0 Å². The van der Waals surface area contributed by atoms with Crippen LogP contribution in [0.2, 0.25) is 0 Å². The van der Waals surface area contributed by atoms with Crippen molar-refractivity contribution in [1.82, 2.24) is 15.0 Å². The Morgan fingerprint density at radius 2 is 1.70 bits per heavy atom. The van der Waals surface area contributed by atoms with Crippen LogP contribution in [0.25, 0.3) is 5.69 Å². The van der Waals surface area contributed by atoms with Crippen LogP contribution in [0.3, 0.4) is 0 Å². The van der Waals surface area contributed by atoms with Crippen molar-refractivity contribution in [2.45, 2.75) is 13.8 Å². The maximum absolute atomic E-state index is 12.5. The minimum absolute atomic E-state index is 0.217. The van der Waals surface area contributed by atoms with Crippen LogP contribution in [-0.2, 0) is 10.0 Å². The number of hydrogen-bond acceptors (Lipinski definition) is 5. The van der Waals surface area contributed by atoms with E-state index in [9.17, 15) is 13.2 Å². The SMILES string of the molecule is Cc1cccc(-n2nnc(C(=O)Nc3ccc(NS(C)(=O)=O)cc3)c2C)c1. The summed E-state index contributed by atoms with van der Waals surface area (Å²) in [6.45, 7) is 3.75. The van der Waals surface area contributed by atoms with Gasteiger partial charge < -0.3 is 5.32 Å². The van der Waals surface area contributed by atoms with Crippen LogP contribution in [0.5, 0.6) is 0 Å². The van der Waals surface area contributed by atoms with E-state index in [1.807, 2.05) is 31.2 Å². The molecule has 0 radical (unpaired) electrons. The molecule has 3 aromatic rings. The first-order valence-electron chi connectivity index (χ1n) is 8.11. The third-order valence-corrected chi connectivity index (χ3v) is 4.41. The first kappa shape index (κ1) is 18.6. The third kappa shape index (κ3) is 4.50. The van der Waals surface area contributed by atoms with Gasteiger partial charge in [0, 0.05) is 11.4 Å². The van der Waals surface area contributed by atoms with Gasteiger partial charge in [-0.2, -0.15) is 0 Å². The molecule has 3 rings (SSSR count). The second kappa shape index (κ2) is 7.20. The van der Waals surface area contributed by atoms with E-state index in [2.05, 4.69) is 20.4 Å². The molecule has 9 heteroatoms. The molecule has 0 saturated carbocycles. The molecule has 0 aliphatic heterocycles. The zero-order valence-corrected chi connectivity index (χ0v) is 15.9. The highest BCUT2D eigenvalue weighted by Gasteiger charge is 2.17. The molecule has 2 N–H and O–H groups in total. The number of aromatic nitrogens is 3. The number of carbonyl (C=O) groups is 1. The molecular formula is C18H19N5O3S. The number of rotatable bonds is 5. The van der Waals surface area contributed by atoms with Crippen LogP contribution in [0.1, 0.15) is 21.7 Å². The number of benzene rings is 2. The first-order valence-corrected chi connectivity index (χ1v) is 10.0. The average molecular weight is 385 g/mol. The summed E-state index contributed by atoms with van der Waals surface area (Å²) in [5.74, 6) is -0.393. The molecule has 0 aliphatic carbocycles. The highest BCUT2D eigenvalue weighted by molar-refractivity contribution is 7.92. The van der Waals surface area contributed by atoms with E-state index in [0.717, 1.165) is 17.5 Å². The summed E-state index contributed by atoms with van der Waals surface area (Å²) >= 11 is 0. The van der Waals surface area contributed by atoms with E-state index in [4.69, 9.17) is 0 Å². The van der Waals surface area contributed by atoms with Crippen molar-refractivity contribution in [1.29, 1.82) is 0 Å². The Kier molecular flexibility index (Phi) is 4.95. The summed E-state index contributed by atoms with van der Waals surface area (Å²) in [5, 5.41) is 10.8. The highest BCUT2D eigenvalue weighted by Crippen LogP contribution is 2.17. The van der Waals surface area contributed by atoms with E-state index in [0.29, 0.717) is 17.1 Å². The van der Waals surface area contributed by atoms with Gasteiger partial charge in [0.1, 0.15) is 0 Å². The number of nitrogens with zero attached hydrogens (tertiary/aromatic N) is 3. The molecule has 0 saturated heterocycles. The lowest BCUT2D eigenvalue weighted by Crippen LogP contribution is -2.14. The van der Waals surface area contributed by atoms with Gasteiger partial charge in [0.05, 0.1) is 17.6 Å². The second-order valence-corrected chi connectivity index (χ2v) is 7.93. The third-order valence-electron chi connectivity index (χ3n) is 3.80. The molecule has 2 aromatic carbocycles. The van der Waals surface area contributed by atoms with Crippen LogP contribution in [0.4, 0.5) is 11.4 Å². The molecule has 1 amide bonds. The minimum atomic E-state index is -3.35. The smallest absolute Gasteiger partial charge is 0.278 e. The zero-order valence-electron chi connectivity index (χ0n) is 15.1. The summed E-state index contributed by atoms with van der Waals surface area (Å²) in [7, 11) is -3.35. The number of carbonyl (C=O) groups excluding carboxylic acids is 1. The molecule has 0 aliphatic rings. The maximum atomic E-state index is 12.5. The number of sulfonamides is 1. The van der Waals surface area contributed by atoms with Crippen LogP contribution in [0.15, 0.2) is 48.5 Å². The quantitative estimate of drug-likeness (QED) is 0.702. The fraction of sp³-hybridized carbons (Fsp3) is 0.167. The summed E-state index contributed by atoms with van der Waals surface area (Å²) in [6, 6.07) is 14.1. The van der Waals surface area contributed by atoms with Crippen molar-refractivity contribution in [2.24, 2.45) is 0 Å². The Bertz CT molecular complexity index is 1090. The fourth-order valence-corrected chi connectivity index (χ4v) is 3.13. The molecule has 8 nitrogen and oxygen atoms in total. The Labute approximate surface area is 157 Å². The predicted molar refractivity (Wildman–Crippen MR) is 104 cm³/mol. The molecule has 0 unspecified atom stereocenters. The van der Waals surface area contributed by atoms with Crippen molar-refractivity contribution >= 4 is 27.3 Å². The lowest BCUT2D eigenvalue weighted by atomic mass is 10.2. The van der Waals surface area contributed by atoms with Crippen LogP contribution in [-0.4, -0.2) is 35.6 Å². The summed E-state index contributed by atoms with van der Waals surface area (Å²) < 4.78 is 26.4. The molecule has 0 bridgehead atoms. The fourth-order valence-electron chi connectivity index (χ4n) is 2.57. The lowest BCUT2D eigenvalue weighted by molar-refractivity contribution is 0.102. The molecule has 0 atom stereocenters.